The zero-order valence-electron chi connectivity index (χ0n) is 10.8. The Morgan fingerprint density at radius 2 is 2.00 bits per heavy atom. The summed E-state index contributed by atoms with van der Waals surface area (Å²) in [6, 6.07) is 10.4. The molecule has 1 aromatic rings. The Hall–Kier alpha value is -1.19. The van der Waals surface area contributed by atoms with E-state index in [4.69, 9.17) is 5.73 Å². The molecule has 1 aliphatic heterocycles. The molecule has 0 aromatic heterocycles. The lowest BCUT2D eigenvalue weighted by atomic mass is 10.0. The van der Waals surface area contributed by atoms with Crippen molar-refractivity contribution in [3.05, 3.63) is 35.9 Å². The summed E-state index contributed by atoms with van der Waals surface area (Å²) in [5.41, 5.74) is 6.92. The predicted molar refractivity (Wildman–Crippen MR) is 73.2 cm³/mol. The Balaban J connectivity index is 2.09. The van der Waals surface area contributed by atoms with Gasteiger partial charge in [-0.05, 0) is 37.9 Å². The first-order chi connectivity index (χ1) is 8.81. The van der Waals surface area contributed by atoms with Crippen molar-refractivity contribution < 1.29 is 4.79 Å². The average molecular weight is 246 g/mol. The highest BCUT2D eigenvalue weighted by molar-refractivity contribution is 5.84. The maximum atomic E-state index is 12.1. The number of rotatable bonds is 4. The number of carbonyl (C=O) groups excluding carboxylic acids is 1. The molecule has 1 fully saturated rings. The van der Waals surface area contributed by atoms with Gasteiger partial charge in [0.25, 0.3) is 0 Å². The number of Topliss-reactive ketones (excluding diaryl/α,β-unsaturated/α-hetero) is 1. The lowest BCUT2D eigenvalue weighted by molar-refractivity contribution is -0.123. The molecule has 0 radical (unpaired) electrons. The van der Waals surface area contributed by atoms with Crippen molar-refractivity contribution in [3.8, 4) is 0 Å². The minimum absolute atomic E-state index is 0.0257. The summed E-state index contributed by atoms with van der Waals surface area (Å²) in [7, 11) is 0. The molecule has 3 nitrogen and oxygen atoms in total. The van der Waals surface area contributed by atoms with E-state index < -0.39 is 0 Å². The van der Waals surface area contributed by atoms with Crippen molar-refractivity contribution in [3.63, 3.8) is 0 Å². The maximum Gasteiger partial charge on any atom is 0.150 e. The maximum absolute atomic E-state index is 12.1. The number of benzene rings is 1. The molecule has 1 aromatic carbocycles. The fourth-order valence-electron chi connectivity index (χ4n) is 2.65. The molecule has 1 aliphatic rings. The third-order valence-corrected chi connectivity index (χ3v) is 3.60. The van der Waals surface area contributed by atoms with Gasteiger partial charge in [0.1, 0.15) is 5.78 Å². The van der Waals surface area contributed by atoms with Gasteiger partial charge < -0.3 is 5.73 Å². The van der Waals surface area contributed by atoms with Gasteiger partial charge in [0, 0.05) is 13.0 Å². The second-order valence-corrected chi connectivity index (χ2v) is 4.97. The largest absolute Gasteiger partial charge is 0.330 e. The van der Waals surface area contributed by atoms with Gasteiger partial charge in [0.15, 0.2) is 0 Å². The van der Waals surface area contributed by atoms with Crippen LogP contribution in [-0.2, 0) is 11.3 Å². The molecule has 98 valence electrons. The average Bonchev–Trinajstić information content (AvgIpc) is 2.56. The van der Waals surface area contributed by atoms with Crippen molar-refractivity contribution in [1.82, 2.24) is 4.90 Å². The van der Waals surface area contributed by atoms with Crippen molar-refractivity contribution >= 4 is 5.78 Å². The van der Waals surface area contributed by atoms with Crippen LogP contribution in [0.3, 0.4) is 0 Å². The topological polar surface area (TPSA) is 46.3 Å². The van der Waals surface area contributed by atoms with Gasteiger partial charge in [0.05, 0.1) is 6.04 Å². The summed E-state index contributed by atoms with van der Waals surface area (Å²) in [5, 5.41) is 0. The molecular weight excluding hydrogens is 224 g/mol. The van der Waals surface area contributed by atoms with Crippen molar-refractivity contribution in [2.45, 2.75) is 38.3 Å². The molecule has 0 aliphatic carbocycles. The van der Waals surface area contributed by atoms with Gasteiger partial charge in [-0.2, -0.15) is 0 Å². The Morgan fingerprint density at radius 1 is 1.22 bits per heavy atom. The highest BCUT2D eigenvalue weighted by Crippen LogP contribution is 2.18. The van der Waals surface area contributed by atoms with Crippen LogP contribution in [0, 0.1) is 0 Å². The van der Waals surface area contributed by atoms with E-state index in [1.807, 2.05) is 18.2 Å². The number of hydrogen-bond acceptors (Lipinski definition) is 3. The van der Waals surface area contributed by atoms with Crippen LogP contribution >= 0.6 is 0 Å². The molecule has 1 saturated heterocycles. The Morgan fingerprint density at radius 3 is 2.72 bits per heavy atom. The van der Waals surface area contributed by atoms with E-state index in [0.29, 0.717) is 12.3 Å². The van der Waals surface area contributed by atoms with Crippen LogP contribution in [0.1, 0.15) is 31.2 Å². The van der Waals surface area contributed by atoms with Crippen LogP contribution in [0.15, 0.2) is 30.3 Å². The first-order valence-corrected chi connectivity index (χ1v) is 6.82. The van der Waals surface area contributed by atoms with Crippen LogP contribution in [0.2, 0.25) is 0 Å². The number of likely N-dealkylation sites (tertiary alicyclic amines) is 1. The van der Waals surface area contributed by atoms with Crippen LogP contribution in [0.4, 0.5) is 0 Å². The highest BCUT2D eigenvalue weighted by Gasteiger charge is 2.26. The second kappa shape index (κ2) is 6.66. The molecular formula is C15H22N2O. The lowest BCUT2D eigenvalue weighted by Gasteiger charge is -2.28. The zero-order chi connectivity index (χ0) is 12.8. The minimum atomic E-state index is 0.0257. The van der Waals surface area contributed by atoms with Gasteiger partial charge in [-0.15, -0.1) is 0 Å². The van der Waals surface area contributed by atoms with Crippen molar-refractivity contribution in [2.75, 3.05) is 13.1 Å². The SMILES string of the molecule is NCCC1C(=O)CCCCN1Cc1ccccc1. The van der Waals surface area contributed by atoms with E-state index >= 15 is 0 Å². The van der Waals surface area contributed by atoms with E-state index in [0.717, 1.165) is 38.8 Å². The summed E-state index contributed by atoms with van der Waals surface area (Å²) in [4.78, 5) is 14.4. The standard InChI is InChI=1S/C15H22N2O/c16-10-9-14-15(18)8-4-5-11-17(14)12-13-6-2-1-3-7-13/h1-3,6-7,14H,4-5,8-12,16H2. The van der Waals surface area contributed by atoms with E-state index in [-0.39, 0.29) is 6.04 Å². The normalized spacial score (nSPS) is 21.8. The fourth-order valence-corrected chi connectivity index (χ4v) is 2.65. The smallest absolute Gasteiger partial charge is 0.150 e. The van der Waals surface area contributed by atoms with Gasteiger partial charge in [0.2, 0.25) is 0 Å². The van der Waals surface area contributed by atoms with E-state index in [1.165, 1.54) is 5.56 Å². The minimum Gasteiger partial charge on any atom is -0.330 e. The second-order valence-electron chi connectivity index (χ2n) is 4.97. The molecule has 1 heterocycles. The highest BCUT2D eigenvalue weighted by atomic mass is 16.1. The molecule has 0 amide bonds. The number of ketones is 1. The molecule has 2 N–H and O–H groups in total. The third-order valence-electron chi connectivity index (χ3n) is 3.60. The van der Waals surface area contributed by atoms with Gasteiger partial charge in [-0.1, -0.05) is 30.3 Å². The van der Waals surface area contributed by atoms with Gasteiger partial charge in [-0.25, -0.2) is 0 Å². The molecule has 1 atom stereocenters. The monoisotopic (exact) mass is 246 g/mol. The van der Waals surface area contributed by atoms with E-state index in [9.17, 15) is 4.79 Å². The van der Waals surface area contributed by atoms with Crippen molar-refractivity contribution in [1.29, 1.82) is 0 Å². The van der Waals surface area contributed by atoms with Crippen LogP contribution in [0.25, 0.3) is 0 Å². The molecule has 18 heavy (non-hydrogen) atoms. The van der Waals surface area contributed by atoms with E-state index in [1.54, 1.807) is 0 Å². The predicted octanol–water partition coefficient (Wildman–Crippen LogP) is 1.96. The van der Waals surface area contributed by atoms with Crippen LogP contribution in [0.5, 0.6) is 0 Å². The lowest BCUT2D eigenvalue weighted by Crippen LogP contribution is -2.41. The molecule has 3 heteroatoms. The van der Waals surface area contributed by atoms with E-state index in [2.05, 4.69) is 17.0 Å². The fraction of sp³-hybridized carbons (Fsp3) is 0.533. The molecule has 0 saturated carbocycles. The molecule has 0 bridgehead atoms. The Labute approximate surface area is 109 Å². The Bertz CT molecular complexity index is 377. The summed E-state index contributed by atoms with van der Waals surface area (Å²) >= 11 is 0. The van der Waals surface area contributed by atoms with Gasteiger partial charge >= 0.3 is 0 Å². The first kappa shape index (κ1) is 13.2. The summed E-state index contributed by atoms with van der Waals surface area (Å²) in [6.45, 7) is 2.45. The van der Waals surface area contributed by atoms with Gasteiger partial charge in [-0.3, -0.25) is 9.69 Å². The van der Waals surface area contributed by atoms with Crippen LogP contribution in [-0.4, -0.2) is 29.8 Å². The number of hydrogen-bond donors (Lipinski definition) is 1. The molecule has 1 unspecified atom stereocenters. The quantitative estimate of drug-likeness (QED) is 0.883. The zero-order valence-corrected chi connectivity index (χ0v) is 10.8. The summed E-state index contributed by atoms with van der Waals surface area (Å²) in [6.07, 6.45) is 3.63. The molecule has 2 rings (SSSR count). The first-order valence-electron chi connectivity index (χ1n) is 6.82. The van der Waals surface area contributed by atoms with Crippen molar-refractivity contribution in [2.24, 2.45) is 5.73 Å². The summed E-state index contributed by atoms with van der Waals surface area (Å²) < 4.78 is 0. The number of nitrogens with zero attached hydrogens (tertiary/aromatic N) is 1. The number of nitrogens with two attached hydrogens (primary N) is 1. The number of carbonyl (C=O) groups is 1. The third kappa shape index (κ3) is 3.40. The Kier molecular flexibility index (Phi) is 4.90. The summed E-state index contributed by atoms with van der Waals surface area (Å²) in [5.74, 6) is 0.369. The van der Waals surface area contributed by atoms with Crippen LogP contribution < -0.4 is 5.73 Å². The molecule has 0 spiro atoms.